The lowest BCUT2D eigenvalue weighted by atomic mass is 9.87. The third kappa shape index (κ3) is 4.51. The summed E-state index contributed by atoms with van der Waals surface area (Å²) in [5.74, 6) is 0.975. The van der Waals surface area contributed by atoms with Crippen LogP contribution in [-0.2, 0) is 12.5 Å². The number of carbonyl (C=O) groups is 2. The second-order valence-electron chi connectivity index (χ2n) is 10.3. The average molecular weight is 496 g/mol. The summed E-state index contributed by atoms with van der Waals surface area (Å²) in [5.41, 5.74) is 4.58. The van der Waals surface area contributed by atoms with Gasteiger partial charge in [0.1, 0.15) is 17.2 Å². The fraction of sp³-hybridized carbons (Fsp3) is 0.226. The van der Waals surface area contributed by atoms with Crippen molar-refractivity contribution in [1.29, 1.82) is 0 Å². The lowest BCUT2D eigenvalue weighted by Crippen LogP contribution is -2.13. The third-order valence-electron chi connectivity index (χ3n) is 6.65. The third-order valence-corrected chi connectivity index (χ3v) is 6.65. The maximum absolute atomic E-state index is 13.2. The first-order valence-electron chi connectivity index (χ1n) is 12.1. The minimum atomic E-state index is -0.468. The van der Waals surface area contributed by atoms with E-state index in [4.69, 9.17) is 14.2 Å². The number of aryl methyl sites for hydroxylation is 2. The molecule has 0 aliphatic carbocycles. The first-order chi connectivity index (χ1) is 17.5. The van der Waals surface area contributed by atoms with Crippen LogP contribution < -0.4 is 14.2 Å². The second kappa shape index (κ2) is 8.96. The summed E-state index contributed by atoms with van der Waals surface area (Å²) in [6.45, 7) is 8.17. The largest absolute Gasteiger partial charge is 0.497 e. The fourth-order valence-electron chi connectivity index (χ4n) is 4.59. The van der Waals surface area contributed by atoms with Crippen molar-refractivity contribution in [2.24, 2.45) is 7.05 Å². The number of fused-ring (bicyclic) bond motifs is 2. The molecular weight excluding hydrogens is 466 g/mol. The minimum Gasteiger partial charge on any atom is -0.497 e. The number of benzene rings is 3. The molecule has 2 heterocycles. The predicted molar refractivity (Wildman–Crippen MR) is 144 cm³/mol. The molecule has 4 aromatic rings. The minimum absolute atomic E-state index is 0.00720. The lowest BCUT2D eigenvalue weighted by Gasteiger charge is -2.18. The molecule has 0 unspecified atom stereocenters. The van der Waals surface area contributed by atoms with Gasteiger partial charge in [-0.1, -0.05) is 32.9 Å². The summed E-state index contributed by atoms with van der Waals surface area (Å²) in [6.07, 6.45) is 3.69. The normalized spacial score (nSPS) is 14.1. The van der Waals surface area contributed by atoms with E-state index in [1.54, 1.807) is 44.4 Å². The van der Waals surface area contributed by atoms with E-state index in [9.17, 15) is 9.59 Å². The number of esters is 1. The Kier molecular flexibility index (Phi) is 5.91. The van der Waals surface area contributed by atoms with Crippen LogP contribution in [-0.4, -0.2) is 23.4 Å². The van der Waals surface area contributed by atoms with Crippen LogP contribution in [0, 0.1) is 6.92 Å². The van der Waals surface area contributed by atoms with E-state index in [0.29, 0.717) is 28.2 Å². The Labute approximate surface area is 216 Å². The molecule has 0 amide bonds. The Bertz CT molecular complexity index is 1580. The number of hydrogen-bond acceptors (Lipinski definition) is 5. The van der Waals surface area contributed by atoms with E-state index in [1.165, 1.54) is 0 Å². The van der Waals surface area contributed by atoms with Gasteiger partial charge >= 0.3 is 5.97 Å². The maximum atomic E-state index is 13.2. The van der Waals surface area contributed by atoms with Gasteiger partial charge in [-0.3, -0.25) is 4.79 Å². The van der Waals surface area contributed by atoms with E-state index in [2.05, 4.69) is 20.8 Å². The predicted octanol–water partition coefficient (Wildman–Crippen LogP) is 6.63. The van der Waals surface area contributed by atoms with E-state index in [0.717, 1.165) is 27.8 Å². The zero-order valence-corrected chi connectivity index (χ0v) is 21.8. The van der Waals surface area contributed by atoms with Crippen molar-refractivity contribution >= 4 is 28.7 Å². The molecule has 188 valence electrons. The molecule has 37 heavy (non-hydrogen) atoms. The van der Waals surface area contributed by atoms with Crippen LogP contribution in [0.1, 0.15) is 58.2 Å². The molecule has 0 saturated carbocycles. The number of nitrogens with zero attached hydrogens (tertiary/aromatic N) is 1. The van der Waals surface area contributed by atoms with E-state index in [1.807, 2.05) is 48.1 Å². The number of aromatic nitrogens is 1. The summed E-state index contributed by atoms with van der Waals surface area (Å²) >= 11 is 0. The van der Waals surface area contributed by atoms with Gasteiger partial charge in [0.15, 0.2) is 5.76 Å². The van der Waals surface area contributed by atoms with Crippen LogP contribution in [0.5, 0.6) is 17.2 Å². The molecule has 0 radical (unpaired) electrons. The number of hydrogen-bond donors (Lipinski definition) is 0. The topological polar surface area (TPSA) is 66.8 Å². The van der Waals surface area contributed by atoms with E-state index < -0.39 is 5.97 Å². The maximum Gasteiger partial charge on any atom is 0.343 e. The quantitative estimate of drug-likeness (QED) is 0.181. The molecule has 1 aliphatic heterocycles. The number of ether oxygens (including phenoxy) is 3. The molecule has 5 rings (SSSR count). The van der Waals surface area contributed by atoms with Gasteiger partial charge in [-0.15, -0.1) is 0 Å². The molecule has 6 nitrogen and oxygen atoms in total. The Morgan fingerprint density at radius 1 is 1.00 bits per heavy atom. The molecule has 6 heteroatoms. The summed E-state index contributed by atoms with van der Waals surface area (Å²) in [7, 11) is 3.57. The van der Waals surface area contributed by atoms with Crippen molar-refractivity contribution in [3.63, 3.8) is 0 Å². The van der Waals surface area contributed by atoms with Crippen LogP contribution in [0.4, 0.5) is 0 Å². The van der Waals surface area contributed by atoms with Gasteiger partial charge in [0.25, 0.3) is 0 Å². The molecule has 1 aromatic heterocycles. The lowest BCUT2D eigenvalue weighted by molar-refractivity contribution is 0.0734. The Balaban J connectivity index is 1.42. The van der Waals surface area contributed by atoms with Gasteiger partial charge in [-0.25, -0.2) is 4.79 Å². The van der Waals surface area contributed by atoms with Crippen LogP contribution in [0.25, 0.3) is 17.0 Å². The number of Topliss-reactive ketones (excluding diaryl/α,β-unsaturated/α-hetero) is 1. The Hall–Kier alpha value is -4.32. The molecule has 0 fully saturated rings. The standard InChI is InChI=1S/C31H29NO5/c1-18-13-23(36-30(34)19-7-9-21(10-8-19)31(2,3)4)16-26-28(18)29(33)27(37-26)14-20-17-32(5)25-12-11-22(35-6)15-24(20)25/h7-17H,1-6H3/b27-14-. The van der Waals surface area contributed by atoms with Gasteiger partial charge in [0, 0.05) is 35.8 Å². The fourth-order valence-corrected chi connectivity index (χ4v) is 4.59. The Morgan fingerprint density at radius 2 is 1.73 bits per heavy atom. The van der Waals surface area contributed by atoms with E-state index in [-0.39, 0.29) is 17.0 Å². The van der Waals surface area contributed by atoms with E-state index >= 15 is 0 Å². The van der Waals surface area contributed by atoms with Gasteiger partial charge < -0.3 is 18.8 Å². The highest BCUT2D eigenvalue weighted by molar-refractivity contribution is 6.16. The highest BCUT2D eigenvalue weighted by Gasteiger charge is 2.31. The SMILES string of the molecule is COc1ccc2c(c1)c(/C=C1\Oc3cc(OC(=O)c4ccc(C(C)(C)C)cc4)cc(C)c3C1=O)cn2C. The van der Waals surface area contributed by atoms with Crippen LogP contribution in [0.3, 0.4) is 0 Å². The molecule has 0 atom stereocenters. The monoisotopic (exact) mass is 495 g/mol. The highest BCUT2D eigenvalue weighted by Crippen LogP contribution is 2.38. The van der Waals surface area contributed by atoms with Crippen LogP contribution >= 0.6 is 0 Å². The van der Waals surface area contributed by atoms with Gasteiger partial charge in [-0.2, -0.15) is 0 Å². The number of methoxy groups -OCH3 is 1. The van der Waals surface area contributed by atoms with Crippen molar-refractivity contribution in [2.45, 2.75) is 33.1 Å². The van der Waals surface area contributed by atoms with Crippen molar-refractivity contribution < 1.29 is 23.8 Å². The molecule has 1 aliphatic rings. The van der Waals surface area contributed by atoms with Crippen LogP contribution in [0.2, 0.25) is 0 Å². The number of allylic oxidation sites excluding steroid dienone is 1. The summed E-state index contributed by atoms with van der Waals surface area (Å²) in [6, 6.07) is 16.5. The van der Waals surface area contributed by atoms with Crippen molar-refractivity contribution in [3.05, 3.63) is 94.4 Å². The molecule has 0 N–H and O–H groups in total. The number of ketones is 1. The first kappa shape index (κ1) is 24.4. The van der Waals surface area contributed by atoms with Crippen molar-refractivity contribution in [1.82, 2.24) is 4.57 Å². The summed E-state index contributed by atoms with van der Waals surface area (Å²) < 4.78 is 19.0. The van der Waals surface area contributed by atoms with Gasteiger partial charge in [0.2, 0.25) is 5.78 Å². The second-order valence-corrected chi connectivity index (χ2v) is 10.3. The van der Waals surface area contributed by atoms with Crippen molar-refractivity contribution in [2.75, 3.05) is 7.11 Å². The molecule has 0 saturated heterocycles. The van der Waals surface area contributed by atoms with Crippen LogP contribution in [0.15, 0.2) is 66.6 Å². The number of carbonyl (C=O) groups excluding carboxylic acids is 2. The molecule has 0 bridgehead atoms. The van der Waals surface area contributed by atoms with Gasteiger partial charge in [-0.05, 0) is 65.9 Å². The van der Waals surface area contributed by atoms with Gasteiger partial charge in [0.05, 0.1) is 18.2 Å². The average Bonchev–Trinajstić information content (AvgIpc) is 3.34. The smallest absolute Gasteiger partial charge is 0.343 e. The summed E-state index contributed by atoms with van der Waals surface area (Å²) in [5, 5.41) is 0.950. The van der Waals surface area contributed by atoms with Crippen molar-refractivity contribution in [3.8, 4) is 17.2 Å². The zero-order valence-electron chi connectivity index (χ0n) is 21.8. The molecular formula is C31H29NO5. The number of rotatable bonds is 4. The highest BCUT2D eigenvalue weighted by atomic mass is 16.5. The molecule has 0 spiro atoms. The Morgan fingerprint density at radius 3 is 2.41 bits per heavy atom. The zero-order chi connectivity index (χ0) is 26.5. The summed E-state index contributed by atoms with van der Waals surface area (Å²) in [4.78, 5) is 26.0. The first-order valence-corrected chi connectivity index (χ1v) is 12.1. The molecule has 3 aromatic carbocycles.